The lowest BCUT2D eigenvalue weighted by Gasteiger charge is -1.98. The molecule has 0 aliphatic rings. The number of hydrogen-bond donors (Lipinski definition) is 1. The average molecular weight is 150 g/mol. The van der Waals surface area contributed by atoms with Crippen molar-refractivity contribution in [1.82, 2.24) is 0 Å². The van der Waals surface area contributed by atoms with E-state index in [4.69, 9.17) is 12.3 Å². The van der Waals surface area contributed by atoms with Crippen molar-refractivity contribution in [3.05, 3.63) is 41.0 Å². The van der Waals surface area contributed by atoms with Gasteiger partial charge in [0.1, 0.15) is 5.82 Å². The Hall–Kier alpha value is -1.40. The van der Waals surface area contributed by atoms with E-state index in [0.29, 0.717) is 5.56 Å². The quantitative estimate of drug-likeness (QED) is 0.608. The van der Waals surface area contributed by atoms with Crippen molar-refractivity contribution in [1.29, 1.82) is 0 Å². The molecule has 0 amide bonds. The van der Waals surface area contributed by atoms with Crippen LogP contribution in [0.15, 0.2) is 18.2 Å². The van der Waals surface area contributed by atoms with Gasteiger partial charge in [-0.05, 0) is 5.56 Å². The van der Waals surface area contributed by atoms with Crippen molar-refractivity contribution in [3.8, 4) is 0 Å². The lowest BCUT2D eigenvalue weighted by Crippen LogP contribution is -1.98. The van der Waals surface area contributed by atoms with Crippen LogP contribution in [-0.4, -0.2) is 0 Å². The number of hydrogen-bond acceptors (Lipinski definition) is 1. The van der Waals surface area contributed by atoms with Gasteiger partial charge in [0.05, 0.1) is 6.57 Å². The molecule has 0 saturated heterocycles. The first kappa shape index (κ1) is 7.70. The first-order chi connectivity index (χ1) is 5.29. The summed E-state index contributed by atoms with van der Waals surface area (Å²) in [6.07, 6.45) is 0. The molecule has 1 rings (SSSR count). The second-order valence-electron chi connectivity index (χ2n) is 2.07. The number of rotatable bonds is 1. The van der Waals surface area contributed by atoms with Crippen molar-refractivity contribution in [2.75, 3.05) is 0 Å². The maximum atomic E-state index is 13.0. The van der Waals surface area contributed by atoms with Crippen LogP contribution in [0, 0.1) is 12.4 Å². The van der Waals surface area contributed by atoms with Gasteiger partial charge in [-0.2, -0.15) is 0 Å². The Balaban J connectivity index is 3.23. The molecule has 0 atom stereocenters. The van der Waals surface area contributed by atoms with E-state index in [1.54, 1.807) is 12.1 Å². The molecule has 0 spiro atoms. The van der Waals surface area contributed by atoms with Gasteiger partial charge in [0, 0.05) is 6.54 Å². The third-order valence-corrected chi connectivity index (χ3v) is 1.40. The van der Waals surface area contributed by atoms with Gasteiger partial charge >= 0.3 is 0 Å². The fourth-order valence-electron chi connectivity index (χ4n) is 0.810. The molecule has 0 aliphatic carbocycles. The zero-order valence-electron chi connectivity index (χ0n) is 5.84. The molecule has 0 saturated carbocycles. The summed E-state index contributed by atoms with van der Waals surface area (Å²) in [6, 6.07) is 4.63. The van der Waals surface area contributed by atoms with E-state index in [0.717, 1.165) is 0 Å². The summed E-state index contributed by atoms with van der Waals surface area (Å²) in [4.78, 5) is 3.00. The summed E-state index contributed by atoms with van der Waals surface area (Å²) in [5.41, 5.74) is 5.65. The second kappa shape index (κ2) is 3.13. The Kier molecular flexibility index (Phi) is 2.19. The molecule has 0 aromatic heterocycles. The third-order valence-electron chi connectivity index (χ3n) is 1.40. The molecule has 2 N–H and O–H groups in total. The van der Waals surface area contributed by atoms with Gasteiger partial charge in [0.25, 0.3) is 0 Å². The van der Waals surface area contributed by atoms with Gasteiger partial charge in [-0.1, -0.05) is 18.2 Å². The van der Waals surface area contributed by atoms with Crippen LogP contribution >= 0.6 is 0 Å². The van der Waals surface area contributed by atoms with Crippen LogP contribution in [0.5, 0.6) is 0 Å². The largest absolute Gasteiger partial charge is 0.326 e. The summed E-state index contributed by atoms with van der Waals surface area (Å²) in [5.74, 6) is -0.495. The Morgan fingerprint density at radius 1 is 1.55 bits per heavy atom. The molecule has 0 fully saturated rings. The number of benzene rings is 1. The number of nitrogens with two attached hydrogens (primary N) is 1. The second-order valence-corrected chi connectivity index (χ2v) is 2.07. The summed E-state index contributed by atoms with van der Waals surface area (Å²) in [5, 5.41) is 0. The molecular weight excluding hydrogens is 143 g/mol. The van der Waals surface area contributed by atoms with Gasteiger partial charge in [0.15, 0.2) is 0 Å². The van der Waals surface area contributed by atoms with E-state index in [9.17, 15) is 4.39 Å². The smallest absolute Gasteiger partial charge is 0.222 e. The lowest BCUT2D eigenvalue weighted by atomic mass is 10.2. The Bertz CT molecular complexity index is 301. The maximum absolute atomic E-state index is 13.0. The van der Waals surface area contributed by atoms with Crippen molar-refractivity contribution >= 4 is 5.69 Å². The van der Waals surface area contributed by atoms with E-state index in [2.05, 4.69) is 4.85 Å². The predicted octanol–water partition coefficient (Wildman–Crippen LogP) is 1.84. The third kappa shape index (κ3) is 1.36. The topological polar surface area (TPSA) is 30.4 Å². The standard InChI is InChI=1S/C8H7FN2/c1-11-7-4-2-3-6(5-10)8(7)9/h2-4H,5,10H2. The Morgan fingerprint density at radius 3 is 2.82 bits per heavy atom. The predicted molar refractivity (Wildman–Crippen MR) is 40.6 cm³/mol. The first-order valence-corrected chi connectivity index (χ1v) is 3.14. The highest BCUT2D eigenvalue weighted by molar-refractivity contribution is 5.48. The molecule has 2 nitrogen and oxygen atoms in total. The van der Waals surface area contributed by atoms with Crippen LogP contribution in [0.25, 0.3) is 4.85 Å². The zero-order valence-corrected chi connectivity index (χ0v) is 5.84. The molecule has 11 heavy (non-hydrogen) atoms. The molecule has 0 aliphatic heterocycles. The van der Waals surface area contributed by atoms with Gasteiger partial charge in [-0.25, -0.2) is 9.24 Å². The van der Waals surface area contributed by atoms with Crippen molar-refractivity contribution in [3.63, 3.8) is 0 Å². The molecule has 1 aromatic carbocycles. The van der Waals surface area contributed by atoms with Crippen LogP contribution in [0.1, 0.15) is 5.56 Å². The van der Waals surface area contributed by atoms with Crippen molar-refractivity contribution < 1.29 is 4.39 Å². The van der Waals surface area contributed by atoms with Gasteiger partial charge in [0.2, 0.25) is 5.69 Å². The maximum Gasteiger partial charge on any atom is 0.222 e. The van der Waals surface area contributed by atoms with Crippen LogP contribution in [0.4, 0.5) is 10.1 Å². The highest BCUT2D eigenvalue weighted by Gasteiger charge is 2.04. The summed E-state index contributed by atoms with van der Waals surface area (Å²) < 4.78 is 13.0. The highest BCUT2D eigenvalue weighted by Crippen LogP contribution is 2.19. The summed E-state index contributed by atoms with van der Waals surface area (Å²) >= 11 is 0. The van der Waals surface area contributed by atoms with Crippen LogP contribution < -0.4 is 5.73 Å². The van der Waals surface area contributed by atoms with Crippen LogP contribution in [-0.2, 0) is 6.54 Å². The molecule has 0 radical (unpaired) electrons. The minimum atomic E-state index is -0.495. The molecule has 56 valence electrons. The molecule has 0 heterocycles. The van der Waals surface area contributed by atoms with Crippen LogP contribution in [0.3, 0.4) is 0 Å². The molecular formula is C8H7FN2. The lowest BCUT2D eigenvalue weighted by molar-refractivity contribution is 0.616. The molecule has 0 unspecified atom stereocenters. The summed E-state index contributed by atoms with van der Waals surface area (Å²) in [6.45, 7) is 6.73. The molecule has 3 heteroatoms. The number of nitrogens with zero attached hydrogens (tertiary/aromatic N) is 1. The first-order valence-electron chi connectivity index (χ1n) is 3.14. The minimum Gasteiger partial charge on any atom is -0.326 e. The fraction of sp³-hybridized carbons (Fsp3) is 0.125. The molecule has 1 aromatic rings. The van der Waals surface area contributed by atoms with E-state index >= 15 is 0 Å². The van der Waals surface area contributed by atoms with Crippen molar-refractivity contribution in [2.45, 2.75) is 6.54 Å². The highest BCUT2D eigenvalue weighted by atomic mass is 19.1. The van der Waals surface area contributed by atoms with Crippen molar-refractivity contribution in [2.24, 2.45) is 5.73 Å². The fourth-order valence-corrected chi connectivity index (χ4v) is 0.810. The Labute approximate surface area is 64.3 Å². The normalized spacial score (nSPS) is 9.18. The molecule has 0 bridgehead atoms. The van der Waals surface area contributed by atoms with Gasteiger partial charge in [-0.15, -0.1) is 0 Å². The van der Waals surface area contributed by atoms with Gasteiger partial charge < -0.3 is 5.73 Å². The Morgan fingerprint density at radius 2 is 2.27 bits per heavy atom. The van der Waals surface area contributed by atoms with Gasteiger partial charge in [-0.3, -0.25) is 0 Å². The monoisotopic (exact) mass is 150 g/mol. The minimum absolute atomic E-state index is 0.0351. The zero-order chi connectivity index (χ0) is 8.27. The SMILES string of the molecule is [C-]#[N+]c1cccc(CN)c1F. The van der Waals surface area contributed by atoms with Crippen LogP contribution in [0.2, 0.25) is 0 Å². The van der Waals surface area contributed by atoms with E-state index < -0.39 is 5.82 Å². The van der Waals surface area contributed by atoms with E-state index in [1.165, 1.54) is 6.07 Å². The van der Waals surface area contributed by atoms with E-state index in [-0.39, 0.29) is 12.2 Å². The number of halogens is 1. The average Bonchev–Trinajstić information content (AvgIpc) is 2.05. The van der Waals surface area contributed by atoms with E-state index in [1.807, 2.05) is 0 Å². The summed E-state index contributed by atoms with van der Waals surface area (Å²) in [7, 11) is 0.